The van der Waals surface area contributed by atoms with Gasteiger partial charge >= 0.3 is 0 Å². The Morgan fingerprint density at radius 1 is 0.804 bits per heavy atom. The van der Waals surface area contributed by atoms with Crippen LogP contribution in [0.15, 0.2) is 82.3 Å². The first kappa shape index (κ1) is 49.4. The highest BCUT2D eigenvalue weighted by Crippen LogP contribution is 2.56. The van der Waals surface area contributed by atoms with Crippen LogP contribution in [0.4, 0.5) is 0 Å². The number of halogens is 2. The summed E-state index contributed by atoms with van der Waals surface area (Å²) in [6, 6.07) is 11.3. The molecule has 2 aliphatic carbocycles. The van der Waals surface area contributed by atoms with Crippen LogP contribution in [0.2, 0.25) is 0 Å². The van der Waals surface area contributed by atoms with E-state index in [1.165, 1.54) is 27.8 Å². The predicted octanol–water partition coefficient (Wildman–Crippen LogP) is 16.0. The highest BCUT2D eigenvalue weighted by Gasteiger charge is 2.45. The van der Waals surface area contributed by atoms with E-state index in [4.69, 9.17) is 18.9 Å². The van der Waals surface area contributed by atoms with Gasteiger partial charge in [-0.15, -0.1) is 0 Å². The zero-order chi connectivity index (χ0) is 41.5. The Morgan fingerprint density at radius 3 is 1.98 bits per heavy atom. The molecule has 0 N–H and O–H groups in total. The fourth-order valence-corrected chi connectivity index (χ4v) is 7.40. The van der Waals surface area contributed by atoms with Crippen LogP contribution in [0.5, 0.6) is 11.5 Å². The van der Waals surface area contributed by atoms with Gasteiger partial charge in [0.2, 0.25) is 0 Å². The summed E-state index contributed by atoms with van der Waals surface area (Å²) in [7, 11) is 0. The molecular formula is C50H74Br2O4. The van der Waals surface area contributed by atoms with Gasteiger partial charge in [0.15, 0.2) is 23.0 Å². The number of ether oxygens (including phenoxy) is 4. The van der Waals surface area contributed by atoms with Crippen LogP contribution in [0.3, 0.4) is 0 Å². The molecule has 3 atom stereocenters. The Bertz CT molecular complexity index is 1620. The van der Waals surface area contributed by atoms with Gasteiger partial charge in [0, 0.05) is 15.2 Å². The van der Waals surface area contributed by atoms with Gasteiger partial charge in [-0.2, -0.15) is 0 Å². The summed E-state index contributed by atoms with van der Waals surface area (Å²) in [6.07, 6.45) is 22.6. The van der Waals surface area contributed by atoms with Gasteiger partial charge in [0.25, 0.3) is 0 Å². The molecule has 0 bridgehead atoms. The normalized spacial score (nSPS) is 17.3. The van der Waals surface area contributed by atoms with Crippen LogP contribution in [0, 0.1) is 11.8 Å². The summed E-state index contributed by atoms with van der Waals surface area (Å²) in [5, 5.41) is 0.845. The molecule has 0 fully saturated rings. The topological polar surface area (TPSA) is 36.9 Å². The first-order valence-corrected chi connectivity index (χ1v) is 23.7. The maximum absolute atomic E-state index is 6.76. The summed E-state index contributed by atoms with van der Waals surface area (Å²) in [5.74, 6) is 4.09. The van der Waals surface area contributed by atoms with Gasteiger partial charge in [0.05, 0.1) is 26.4 Å². The van der Waals surface area contributed by atoms with Crippen molar-refractivity contribution in [1.29, 1.82) is 0 Å². The Hall–Kier alpha value is -2.70. The number of benzene rings is 2. The van der Waals surface area contributed by atoms with Gasteiger partial charge in [-0.25, -0.2) is 0 Å². The predicted molar refractivity (Wildman–Crippen MR) is 250 cm³/mol. The summed E-state index contributed by atoms with van der Waals surface area (Å²) in [4.78, 5) is 0. The SMILES string of the molecule is C/C=C(OCC(C)CC)\C(=C/C1=Cc2cc(OCCCC)c(OCCCC)cc2C12CCC=C(C/C=C\CBr)c1ccc(Br)cc12)OCC(C)CC.CC.CC. The molecule has 3 unspecified atom stereocenters. The monoisotopic (exact) mass is 896 g/mol. The van der Waals surface area contributed by atoms with Crippen LogP contribution < -0.4 is 9.47 Å². The molecule has 4 nitrogen and oxygen atoms in total. The van der Waals surface area contributed by atoms with Crippen molar-refractivity contribution in [2.24, 2.45) is 11.8 Å². The fourth-order valence-electron chi connectivity index (χ4n) is 6.78. The van der Waals surface area contributed by atoms with E-state index >= 15 is 0 Å². The third-order valence-electron chi connectivity index (χ3n) is 10.4. The van der Waals surface area contributed by atoms with E-state index in [0.717, 1.165) is 96.2 Å². The van der Waals surface area contributed by atoms with E-state index < -0.39 is 5.41 Å². The lowest BCUT2D eigenvalue weighted by atomic mass is 9.67. The highest BCUT2D eigenvalue weighted by atomic mass is 79.9. The zero-order valence-electron chi connectivity index (χ0n) is 36.8. The molecule has 2 aliphatic rings. The van der Waals surface area contributed by atoms with Gasteiger partial charge in [-0.05, 0) is 127 Å². The number of alkyl halides is 1. The summed E-state index contributed by atoms with van der Waals surface area (Å²) in [6.45, 7) is 26.0. The van der Waals surface area contributed by atoms with E-state index in [2.05, 4.69) is 147 Å². The lowest BCUT2D eigenvalue weighted by Gasteiger charge is -2.35. The first-order chi connectivity index (χ1) is 27.3. The molecule has 1 spiro atoms. The maximum atomic E-state index is 6.76. The number of unbranched alkanes of at least 4 members (excludes halogenated alkanes) is 2. The molecule has 0 heterocycles. The second-order valence-corrected chi connectivity index (χ2v) is 16.0. The van der Waals surface area contributed by atoms with E-state index in [1.807, 2.05) is 27.7 Å². The molecule has 0 saturated heterocycles. The smallest absolute Gasteiger partial charge is 0.161 e. The van der Waals surface area contributed by atoms with Crippen molar-refractivity contribution in [3.8, 4) is 11.5 Å². The van der Waals surface area contributed by atoms with Gasteiger partial charge in [0.1, 0.15) is 0 Å². The molecule has 0 amide bonds. The average Bonchev–Trinajstić information content (AvgIpc) is 3.42. The summed E-state index contributed by atoms with van der Waals surface area (Å²) >= 11 is 7.47. The quantitative estimate of drug-likeness (QED) is 0.0411. The van der Waals surface area contributed by atoms with E-state index in [9.17, 15) is 0 Å². The Kier molecular flexibility index (Phi) is 23.9. The number of fused-ring (bicyclic) bond motifs is 4. The highest BCUT2D eigenvalue weighted by molar-refractivity contribution is 9.10. The summed E-state index contributed by atoms with van der Waals surface area (Å²) < 4.78 is 27.4. The molecule has 0 aromatic heterocycles. The Labute approximate surface area is 359 Å². The first-order valence-electron chi connectivity index (χ1n) is 21.8. The van der Waals surface area contributed by atoms with Crippen LogP contribution in [-0.4, -0.2) is 31.8 Å². The van der Waals surface area contributed by atoms with Crippen molar-refractivity contribution in [3.63, 3.8) is 0 Å². The molecule has 2 aromatic rings. The maximum Gasteiger partial charge on any atom is 0.161 e. The van der Waals surface area contributed by atoms with E-state index in [0.29, 0.717) is 38.3 Å². The molecule has 0 aliphatic heterocycles. The molecule has 0 radical (unpaired) electrons. The van der Waals surface area contributed by atoms with E-state index in [1.54, 1.807) is 0 Å². The lowest BCUT2D eigenvalue weighted by molar-refractivity contribution is 0.116. The van der Waals surface area contributed by atoms with Crippen LogP contribution in [0.1, 0.15) is 156 Å². The average molecular weight is 899 g/mol. The molecular weight excluding hydrogens is 824 g/mol. The Morgan fingerprint density at radius 2 is 1.41 bits per heavy atom. The number of hydrogen-bond acceptors (Lipinski definition) is 4. The van der Waals surface area contributed by atoms with Crippen molar-refractivity contribution in [1.82, 2.24) is 0 Å². The molecule has 6 heteroatoms. The minimum absolute atomic E-state index is 0.416. The molecule has 4 rings (SSSR count). The summed E-state index contributed by atoms with van der Waals surface area (Å²) in [5.41, 5.74) is 7.08. The van der Waals surface area contributed by atoms with Crippen LogP contribution in [0.25, 0.3) is 11.6 Å². The molecule has 56 heavy (non-hydrogen) atoms. The number of allylic oxidation sites excluding steroid dienone is 7. The standard InChI is InChI=1S/C46H62Br2O4.2C2H6/c1-8-13-24-49-43-27-36-26-37(28-44(52-32-34(7)11-4)42(12-5)51-31-33(6)10-3)46(40(36)30-45(43)50-25-14-9-2)22-17-19-35(18-15-16-23-47)39-21-20-38(48)29-41(39)46;2*1-2/h12,15-16,19-21,26-30,33-34H,8-11,13-14,17-18,22-25,31-32H2,1-7H3;2*1-2H3/b16-15-,42-12+,44-28+;;. The minimum Gasteiger partial charge on any atom is -0.490 e. The second-order valence-electron chi connectivity index (χ2n) is 14.4. The van der Waals surface area contributed by atoms with Crippen molar-refractivity contribution in [3.05, 3.63) is 105 Å². The number of rotatable bonds is 21. The largest absolute Gasteiger partial charge is 0.490 e. The van der Waals surface area contributed by atoms with Crippen molar-refractivity contribution < 1.29 is 18.9 Å². The van der Waals surface area contributed by atoms with Gasteiger partial charge in [-0.1, -0.05) is 151 Å². The van der Waals surface area contributed by atoms with Gasteiger partial charge in [-0.3, -0.25) is 0 Å². The minimum atomic E-state index is -0.461. The number of hydrogen-bond donors (Lipinski definition) is 0. The van der Waals surface area contributed by atoms with E-state index in [-0.39, 0.29) is 0 Å². The third-order valence-corrected chi connectivity index (χ3v) is 11.3. The van der Waals surface area contributed by atoms with Crippen LogP contribution >= 0.6 is 31.9 Å². The van der Waals surface area contributed by atoms with Crippen molar-refractivity contribution in [2.45, 2.75) is 139 Å². The molecule has 312 valence electrons. The zero-order valence-corrected chi connectivity index (χ0v) is 40.0. The lowest BCUT2D eigenvalue weighted by Crippen LogP contribution is -2.29. The molecule has 2 aromatic carbocycles. The van der Waals surface area contributed by atoms with Crippen molar-refractivity contribution in [2.75, 3.05) is 31.8 Å². The Balaban J connectivity index is 0.00000262. The van der Waals surface area contributed by atoms with Crippen LogP contribution in [-0.2, 0) is 14.9 Å². The van der Waals surface area contributed by atoms with Crippen molar-refractivity contribution >= 4 is 43.5 Å². The second kappa shape index (κ2) is 27.1. The van der Waals surface area contributed by atoms with Gasteiger partial charge < -0.3 is 18.9 Å². The fraction of sp³-hybridized carbons (Fsp3) is 0.560. The molecule has 0 saturated carbocycles. The third kappa shape index (κ3) is 13.4.